The molecule has 0 amide bonds. The van der Waals surface area contributed by atoms with Gasteiger partial charge in [0.15, 0.2) is 5.82 Å². The van der Waals surface area contributed by atoms with Crippen LogP contribution in [0.25, 0.3) is 5.82 Å². The van der Waals surface area contributed by atoms with Gasteiger partial charge in [-0.1, -0.05) is 13.8 Å². The molecule has 2 rings (SSSR count). The first-order valence-electron chi connectivity index (χ1n) is 5.55. The summed E-state index contributed by atoms with van der Waals surface area (Å²) in [5.41, 5.74) is 8.77. The lowest BCUT2D eigenvalue weighted by atomic mass is 10.2. The van der Waals surface area contributed by atoms with Gasteiger partial charge in [0.25, 0.3) is 0 Å². The number of nitrogen functional groups attached to an aromatic ring is 1. The monoisotopic (exact) mass is 216 g/mol. The third-order valence-electron chi connectivity index (χ3n) is 2.58. The molecule has 4 nitrogen and oxygen atoms in total. The Morgan fingerprint density at radius 3 is 2.75 bits per heavy atom. The van der Waals surface area contributed by atoms with Gasteiger partial charge in [-0.3, -0.25) is 0 Å². The second-order valence-electron chi connectivity index (χ2n) is 3.66. The zero-order chi connectivity index (χ0) is 11.5. The first-order chi connectivity index (χ1) is 7.76. The minimum Gasteiger partial charge on any atom is -0.396 e. The Morgan fingerprint density at radius 1 is 1.31 bits per heavy atom. The zero-order valence-electron chi connectivity index (χ0n) is 9.64. The Balaban J connectivity index is 2.54. The van der Waals surface area contributed by atoms with E-state index >= 15 is 0 Å². The molecular weight excluding hydrogens is 200 g/mol. The fraction of sp³-hybridized carbons (Fsp3) is 0.333. The van der Waals surface area contributed by atoms with Gasteiger partial charge in [0.2, 0.25) is 0 Å². The molecule has 2 aromatic rings. The van der Waals surface area contributed by atoms with E-state index in [4.69, 9.17) is 5.73 Å². The fourth-order valence-electron chi connectivity index (χ4n) is 1.67. The lowest BCUT2D eigenvalue weighted by Crippen LogP contribution is -2.07. The van der Waals surface area contributed by atoms with Gasteiger partial charge in [0.05, 0.1) is 11.4 Å². The number of hydrogen-bond donors (Lipinski definition) is 1. The summed E-state index contributed by atoms with van der Waals surface area (Å²) in [7, 11) is 0. The summed E-state index contributed by atoms with van der Waals surface area (Å²) in [5, 5.41) is 4.50. The van der Waals surface area contributed by atoms with Crippen LogP contribution in [0.3, 0.4) is 0 Å². The molecule has 4 heteroatoms. The second-order valence-corrected chi connectivity index (χ2v) is 3.66. The predicted molar refractivity (Wildman–Crippen MR) is 64.5 cm³/mol. The molecule has 84 valence electrons. The zero-order valence-corrected chi connectivity index (χ0v) is 9.64. The fourth-order valence-corrected chi connectivity index (χ4v) is 1.67. The van der Waals surface area contributed by atoms with E-state index in [0.717, 1.165) is 30.0 Å². The molecule has 0 radical (unpaired) electrons. The number of aryl methyl sites for hydroxylation is 2. The van der Waals surface area contributed by atoms with Crippen molar-refractivity contribution in [3.63, 3.8) is 0 Å². The summed E-state index contributed by atoms with van der Waals surface area (Å²) >= 11 is 0. The van der Waals surface area contributed by atoms with Gasteiger partial charge in [-0.25, -0.2) is 9.67 Å². The third-order valence-corrected chi connectivity index (χ3v) is 2.58. The van der Waals surface area contributed by atoms with Crippen molar-refractivity contribution in [2.75, 3.05) is 5.73 Å². The molecule has 0 bridgehead atoms. The van der Waals surface area contributed by atoms with Crippen LogP contribution in [0.4, 0.5) is 5.69 Å². The molecule has 0 aromatic carbocycles. The molecule has 0 aliphatic heterocycles. The molecule has 0 fully saturated rings. The highest BCUT2D eigenvalue weighted by molar-refractivity contribution is 5.52. The van der Waals surface area contributed by atoms with Gasteiger partial charge in [-0.05, 0) is 31.0 Å². The van der Waals surface area contributed by atoms with Crippen LogP contribution in [-0.2, 0) is 12.8 Å². The van der Waals surface area contributed by atoms with Crippen LogP contribution in [0.1, 0.15) is 25.2 Å². The number of nitrogens with zero attached hydrogens (tertiary/aromatic N) is 3. The lowest BCUT2D eigenvalue weighted by Gasteiger charge is -2.06. The maximum absolute atomic E-state index is 5.90. The van der Waals surface area contributed by atoms with E-state index < -0.39 is 0 Å². The Kier molecular flexibility index (Phi) is 2.90. The Labute approximate surface area is 95.1 Å². The highest BCUT2D eigenvalue weighted by Gasteiger charge is 2.10. The van der Waals surface area contributed by atoms with Gasteiger partial charge in [0.1, 0.15) is 0 Å². The second kappa shape index (κ2) is 4.35. The van der Waals surface area contributed by atoms with Gasteiger partial charge in [-0.2, -0.15) is 5.10 Å². The van der Waals surface area contributed by atoms with Crippen LogP contribution >= 0.6 is 0 Å². The molecule has 0 saturated carbocycles. The Bertz CT molecular complexity index is 488. The largest absolute Gasteiger partial charge is 0.396 e. The van der Waals surface area contributed by atoms with E-state index in [1.807, 2.05) is 16.8 Å². The van der Waals surface area contributed by atoms with Crippen molar-refractivity contribution in [3.8, 4) is 5.82 Å². The highest BCUT2D eigenvalue weighted by Crippen LogP contribution is 2.16. The number of nitrogens with two attached hydrogens (primary N) is 1. The highest BCUT2D eigenvalue weighted by atomic mass is 15.3. The van der Waals surface area contributed by atoms with E-state index in [0.29, 0.717) is 5.69 Å². The molecule has 0 aliphatic carbocycles. The van der Waals surface area contributed by atoms with Crippen molar-refractivity contribution >= 4 is 5.69 Å². The van der Waals surface area contributed by atoms with Crippen LogP contribution in [0, 0.1) is 0 Å². The van der Waals surface area contributed by atoms with Gasteiger partial charge in [0, 0.05) is 11.9 Å². The van der Waals surface area contributed by atoms with E-state index in [1.54, 1.807) is 6.20 Å². The molecule has 0 unspecified atom stereocenters. The molecular formula is C12H16N4. The Morgan fingerprint density at radius 2 is 2.12 bits per heavy atom. The van der Waals surface area contributed by atoms with E-state index in [-0.39, 0.29) is 0 Å². The molecule has 2 aromatic heterocycles. The summed E-state index contributed by atoms with van der Waals surface area (Å²) in [6, 6.07) is 5.78. The average molecular weight is 216 g/mol. The Hall–Kier alpha value is -1.84. The molecule has 0 saturated heterocycles. The van der Waals surface area contributed by atoms with Crippen molar-refractivity contribution in [2.24, 2.45) is 0 Å². The van der Waals surface area contributed by atoms with E-state index in [2.05, 4.69) is 30.0 Å². The number of aromatic nitrogens is 3. The normalized spacial score (nSPS) is 10.6. The number of anilines is 1. The van der Waals surface area contributed by atoms with Crippen LogP contribution in [0.15, 0.2) is 24.4 Å². The molecule has 2 heterocycles. The summed E-state index contributed by atoms with van der Waals surface area (Å²) in [6.45, 7) is 4.19. The maximum Gasteiger partial charge on any atom is 0.176 e. The SMILES string of the molecule is CCc1cc(CC)n(-c2ncccc2N)n1. The van der Waals surface area contributed by atoms with Crippen molar-refractivity contribution in [1.82, 2.24) is 14.8 Å². The van der Waals surface area contributed by atoms with Gasteiger partial charge >= 0.3 is 0 Å². The van der Waals surface area contributed by atoms with Crippen molar-refractivity contribution in [1.29, 1.82) is 0 Å². The molecule has 2 N–H and O–H groups in total. The minimum atomic E-state index is 0.656. The van der Waals surface area contributed by atoms with Crippen LogP contribution in [-0.4, -0.2) is 14.8 Å². The topological polar surface area (TPSA) is 56.7 Å². The first-order valence-corrected chi connectivity index (χ1v) is 5.55. The number of rotatable bonds is 3. The molecule has 0 atom stereocenters. The molecule has 16 heavy (non-hydrogen) atoms. The smallest absolute Gasteiger partial charge is 0.176 e. The maximum atomic E-state index is 5.90. The summed E-state index contributed by atoms with van der Waals surface area (Å²) < 4.78 is 1.84. The van der Waals surface area contributed by atoms with E-state index in [1.165, 1.54) is 0 Å². The quantitative estimate of drug-likeness (QED) is 0.853. The third kappa shape index (κ3) is 1.78. The minimum absolute atomic E-state index is 0.656. The lowest BCUT2D eigenvalue weighted by molar-refractivity contribution is 0.774. The van der Waals surface area contributed by atoms with Gasteiger partial charge in [-0.15, -0.1) is 0 Å². The number of hydrogen-bond acceptors (Lipinski definition) is 3. The number of pyridine rings is 1. The van der Waals surface area contributed by atoms with Crippen molar-refractivity contribution in [3.05, 3.63) is 35.8 Å². The van der Waals surface area contributed by atoms with E-state index in [9.17, 15) is 0 Å². The van der Waals surface area contributed by atoms with Crippen LogP contribution < -0.4 is 5.73 Å². The molecule has 0 spiro atoms. The standard InChI is InChI=1S/C12H16N4/c1-3-9-8-10(4-2)16(15-9)12-11(13)6-5-7-14-12/h5-8H,3-4,13H2,1-2H3. The predicted octanol–water partition coefficient (Wildman–Crippen LogP) is 1.97. The summed E-state index contributed by atoms with van der Waals surface area (Å²) in [5.74, 6) is 0.721. The van der Waals surface area contributed by atoms with Crippen molar-refractivity contribution < 1.29 is 0 Å². The van der Waals surface area contributed by atoms with Gasteiger partial charge < -0.3 is 5.73 Å². The average Bonchev–Trinajstić information content (AvgIpc) is 2.72. The summed E-state index contributed by atoms with van der Waals surface area (Å²) in [6.07, 6.45) is 3.58. The first kappa shape index (κ1) is 10.7. The van der Waals surface area contributed by atoms with Crippen LogP contribution in [0.2, 0.25) is 0 Å². The summed E-state index contributed by atoms with van der Waals surface area (Å²) in [4.78, 5) is 4.28. The molecule has 0 aliphatic rings. The van der Waals surface area contributed by atoms with Crippen LogP contribution in [0.5, 0.6) is 0 Å². The van der Waals surface area contributed by atoms with Crippen molar-refractivity contribution in [2.45, 2.75) is 26.7 Å².